The number of rotatable bonds is 3. The fourth-order valence-corrected chi connectivity index (χ4v) is 4.06. The Labute approximate surface area is 156 Å². The summed E-state index contributed by atoms with van der Waals surface area (Å²) < 4.78 is 32.4. The maximum absolute atomic E-state index is 13.7. The van der Waals surface area contributed by atoms with Crippen molar-refractivity contribution in [3.05, 3.63) is 65.2 Å². The van der Waals surface area contributed by atoms with E-state index in [1.807, 2.05) is 12.1 Å². The molecule has 2 aromatic rings. The van der Waals surface area contributed by atoms with Gasteiger partial charge in [0, 0.05) is 30.7 Å². The third kappa shape index (κ3) is 3.20. The van der Waals surface area contributed by atoms with Crippen LogP contribution in [0.4, 0.5) is 8.78 Å². The van der Waals surface area contributed by atoms with Crippen LogP contribution in [0.3, 0.4) is 0 Å². The van der Waals surface area contributed by atoms with Gasteiger partial charge in [-0.05, 0) is 43.2 Å². The summed E-state index contributed by atoms with van der Waals surface area (Å²) in [5.41, 5.74) is 2.26. The van der Waals surface area contributed by atoms with E-state index in [2.05, 4.69) is 5.10 Å². The molecule has 6 heteroatoms. The second kappa shape index (κ2) is 6.76. The van der Waals surface area contributed by atoms with Crippen LogP contribution in [-0.4, -0.2) is 23.7 Å². The normalized spacial score (nSPS) is 23.9. The summed E-state index contributed by atoms with van der Waals surface area (Å²) in [6.07, 6.45) is 1.14. The van der Waals surface area contributed by atoms with Crippen LogP contribution in [0.5, 0.6) is 5.75 Å². The Morgan fingerprint density at radius 1 is 1.19 bits per heavy atom. The van der Waals surface area contributed by atoms with Crippen molar-refractivity contribution >= 4 is 11.7 Å². The maximum Gasteiger partial charge on any atom is 0.314 e. The van der Waals surface area contributed by atoms with Crippen molar-refractivity contribution in [2.24, 2.45) is 16.9 Å². The molecule has 0 amide bonds. The first-order chi connectivity index (χ1) is 12.9. The first kappa shape index (κ1) is 17.6. The molecule has 4 nitrogen and oxygen atoms in total. The topological polar surface area (TPSA) is 41.9 Å². The van der Waals surface area contributed by atoms with Crippen LogP contribution in [0.25, 0.3) is 0 Å². The van der Waals surface area contributed by atoms with Crippen molar-refractivity contribution in [3.8, 4) is 5.75 Å². The van der Waals surface area contributed by atoms with Crippen LogP contribution in [0.1, 0.15) is 30.0 Å². The number of ether oxygens (including phenoxy) is 1. The number of nitrogens with zero attached hydrogens (tertiary/aromatic N) is 2. The van der Waals surface area contributed by atoms with Gasteiger partial charge in [-0.15, -0.1) is 0 Å². The van der Waals surface area contributed by atoms with Crippen LogP contribution in [0, 0.1) is 30.4 Å². The highest BCUT2D eigenvalue weighted by molar-refractivity contribution is 5.95. The SMILES string of the molecule is Cc1c(F)cccc1OC(=O)C1CC2=NN(C)C(c3ccc(F)cc3)C2C1. The van der Waals surface area contributed by atoms with E-state index in [9.17, 15) is 13.6 Å². The lowest BCUT2D eigenvalue weighted by atomic mass is 9.91. The molecule has 1 heterocycles. The average molecular weight is 370 g/mol. The maximum atomic E-state index is 13.7. The fourth-order valence-electron chi connectivity index (χ4n) is 4.06. The van der Waals surface area contributed by atoms with E-state index in [1.54, 1.807) is 25.1 Å². The number of benzene rings is 2. The minimum Gasteiger partial charge on any atom is -0.426 e. The number of carbonyl (C=O) groups is 1. The molecule has 2 aliphatic rings. The number of esters is 1. The first-order valence-corrected chi connectivity index (χ1v) is 8.96. The third-order valence-electron chi connectivity index (χ3n) is 5.47. The van der Waals surface area contributed by atoms with Crippen molar-refractivity contribution in [1.82, 2.24) is 5.01 Å². The Kier molecular flexibility index (Phi) is 4.42. The highest BCUT2D eigenvalue weighted by Crippen LogP contribution is 2.45. The van der Waals surface area contributed by atoms with Gasteiger partial charge in [0.05, 0.1) is 12.0 Å². The van der Waals surface area contributed by atoms with Crippen LogP contribution >= 0.6 is 0 Å². The average Bonchev–Trinajstić information content (AvgIpc) is 3.17. The predicted octanol–water partition coefficient (Wildman–Crippen LogP) is 4.25. The molecule has 3 unspecified atom stereocenters. The number of carbonyl (C=O) groups excluding carboxylic acids is 1. The van der Waals surface area contributed by atoms with Crippen LogP contribution in [0.2, 0.25) is 0 Å². The van der Waals surface area contributed by atoms with E-state index in [-0.39, 0.29) is 35.4 Å². The third-order valence-corrected chi connectivity index (χ3v) is 5.47. The molecule has 0 spiro atoms. The fraction of sp³-hybridized carbons (Fsp3) is 0.333. The molecule has 0 saturated heterocycles. The smallest absolute Gasteiger partial charge is 0.314 e. The molecule has 3 atom stereocenters. The Balaban J connectivity index is 1.50. The Morgan fingerprint density at radius 2 is 1.93 bits per heavy atom. The molecule has 1 aliphatic heterocycles. The van der Waals surface area contributed by atoms with Crippen molar-refractivity contribution in [1.29, 1.82) is 0 Å². The van der Waals surface area contributed by atoms with E-state index in [0.717, 1.165) is 11.3 Å². The number of fused-ring (bicyclic) bond motifs is 1. The van der Waals surface area contributed by atoms with Gasteiger partial charge in [-0.3, -0.25) is 9.80 Å². The van der Waals surface area contributed by atoms with Crippen LogP contribution in [0.15, 0.2) is 47.6 Å². The van der Waals surface area contributed by atoms with Gasteiger partial charge in [0.25, 0.3) is 0 Å². The van der Waals surface area contributed by atoms with E-state index in [4.69, 9.17) is 4.74 Å². The molecular formula is C21H20F2N2O2. The molecule has 0 radical (unpaired) electrons. The zero-order chi connectivity index (χ0) is 19.1. The first-order valence-electron chi connectivity index (χ1n) is 8.96. The van der Waals surface area contributed by atoms with Gasteiger partial charge in [-0.2, -0.15) is 5.10 Å². The second-order valence-corrected chi connectivity index (χ2v) is 7.19. The van der Waals surface area contributed by atoms with Crippen LogP contribution in [-0.2, 0) is 4.79 Å². The van der Waals surface area contributed by atoms with Gasteiger partial charge in [-0.1, -0.05) is 18.2 Å². The lowest BCUT2D eigenvalue weighted by molar-refractivity contribution is -0.138. The summed E-state index contributed by atoms with van der Waals surface area (Å²) >= 11 is 0. The summed E-state index contributed by atoms with van der Waals surface area (Å²) in [7, 11) is 1.89. The molecule has 140 valence electrons. The molecule has 1 saturated carbocycles. The second-order valence-electron chi connectivity index (χ2n) is 7.19. The Bertz CT molecular complexity index is 911. The molecule has 1 aliphatic carbocycles. The summed E-state index contributed by atoms with van der Waals surface area (Å²) in [5.74, 6) is -1.00. The molecule has 27 heavy (non-hydrogen) atoms. The lowest BCUT2D eigenvalue weighted by Crippen LogP contribution is -2.23. The summed E-state index contributed by atoms with van der Waals surface area (Å²) in [6.45, 7) is 1.59. The molecule has 1 fully saturated rings. The highest BCUT2D eigenvalue weighted by atomic mass is 19.1. The highest BCUT2D eigenvalue weighted by Gasteiger charge is 2.45. The zero-order valence-electron chi connectivity index (χ0n) is 15.2. The van der Waals surface area contributed by atoms with Gasteiger partial charge in [0.1, 0.15) is 17.4 Å². The number of halogens is 2. The van der Waals surface area contributed by atoms with E-state index < -0.39 is 5.82 Å². The molecule has 0 bridgehead atoms. The predicted molar refractivity (Wildman–Crippen MR) is 97.3 cm³/mol. The van der Waals surface area contributed by atoms with Gasteiger partial charge in [-0.25, -0.2) is 8.78 Å². The summed E-state index contributed by atoms with van der Waals surface area (Å²) in [5, 5.41) is 6.47. The Morgan fingerprint density at radius 3 is 2.67 bits per heavy atom. The number of hydrogen-bond acceptors (Lipinski definition) is 4. The lowest BCUT2D eigenvalue weighted by Gasteiger charge is -2.25. The molecule has 4 rings (SSSR count). The van der Waals surface area contributed by atoms with E-state index in [1.165, 1.54) is 24.3 Å². The Hall–Kier alpha value is -2.76. The van der Waals surface area contributed by atoms with E-state index >= 15 is 0 Å². The molecule has 0 N–H and O–H groups in total. The number of hydrogen-bond donors (Lipinski definition) is 0. The summed E-state index contributed by atoms with van der Waals surface area (Å²) in [6, 6.07) is 10.8. The van der Waals surface area contributed by atoms with Crippen molar-refractivity contribution < 1.29 is 18.3 Å². The van der Waals surface area contributed by atoms with Gasteiger partial charge in [0.2, 0.25) is 0 Å². The summed E-state index contributed by atoms with van der Waals surface area (Å²) in [4.78, 5) is 12.6. The van der Waals surface area contributed by atoms with Crippen molar-refractivity contribution in [2.45, 2.75) is 25.8 Å². The monoisotopic (exact) mass is 370 g/mol. The van der Waals surface area contributed by atoms with Gasteiger partial charge >= 0.3 is 5.97 Å². The molecular weight excluding hydrogens is 350 g/mol. The van der Waals surface area contributed by atoms with Crippen LogP contribution < -0.4 is 4.74 Å². The minimum absolute atomic E-state index is 0.0192. The van der Waals surface area contributed by atoms with Gasteiger partial charge in [0.15, 0.2) is 0 Å². The van der Waals surface area contributed by atoms with E-state index in [0.29, 0.717) is 18.4 Å². The largest absolute Gasteiger partial charge is 0.426 e. The van der Waals surface area contributed by atoms with Crippen molar-refractivity contribution in [3.63, 3.8) is 0 Å². The quantitative estimate of drug-likeness (QED) is 0.599. The standard InChI is InChI=1S/C21H20F2N2O2/c1-12-17(23)4-3-5-19(12)27-21(26)14-10-16-18(11-14)24-25(2)20(16)13-6-8-15(22)9-7-13/h3-9,14,16,20H,10-11H2,1-2H3. The molecule has 2 aromatic carbocycles. The zero-order valence-corrected chi connectivity index (χ0v) is 15.2. The molecule has 0 aromatic heterocycles. The van der Waals surface area contributed by atoms with Crippen molar-refractivity contribution in [2.75, 3.05) is 7.05 Å². The van der Waals surface area contributed by atoms with Gasteiger partial charge < -0.3 is 4.74 Å². The number of hydrazone groups is 1. The minimum atomic E-state index is -0.397.